The first kappa shape index (κ1) is 15.5. The van der Waals surface area contributed by atoms with Crippen LogP contribution in [-0.4, -0.2) is 25.4 Å². The van der Waals surface area contributed by atoms with Crippen LogP contribution in [0.1, 0.15) is 0 Å². The number of fused-ring (bicyclic) bond motifs is 1. The molecule has 5 nitrogen and oxygen atoms in total. The number of nitrogens with zero attached hydrogens (tertiary/aromatic N) is 3. The smallest absolute Gasteiger partial charge is 0.181 e. The van der Waals surface area contributed by atoms with Gasteiger partial charge in [-0.2, -0.15) is 10.2 Å². The van der Waals surface area contributed by atoms with Crippen LogP contribution in [0.3, 0.4) is 0 Å². The first-order chi connectivity index (χ1) is 13.3. The minimum Gasteiger partial charge on any atom is -0.277 e. The van der Waals surface area contributed by atoms with E-state index >= 15 is 0 Å². The Balaban J connectivity index is 1.58. The van der Waals surface area contributed by atoms with Gasteiger partial charge in [-0.05, 0) is 42.5 Å². The highest BCUT2D eigenvalue weighted by Crippen LogP contribution is 2.30. The summed E-state index contributed by atoms with van der Waals surface area (Å²) in [5.41, 5.74) is 4.39. The fourth-order valence-electron chi connectivity index (χ4n) is 3.10. The molecular formula is C21H14FN5. The summed E-state index contributed by atoms with van der Waals surface area (Å²) in [5.74, 6) is 1.06. The molecule has 0 bridgehead atoms. The van der Waals surface area contributed by atoms with Gasteiger partial charge in [-0.1, -0.05) is 30.3 Å². The van der Waals surface area contributed by atoms with E-state index in [2.05, 4.69) is 25.4 Å². The molecule has 0 fully saturated rings. The van der Waals surface area contributed by atoms with Crippen molar-refractivity contribution in [1.29, 1.82) is 0 Å². The molecule has 0 unspecified atom stereocenters. The third kappa shape index (κ3) is 2.77. The van der Waals surface area contributed by atoms with Gasteiger partial charge in [0.05, 0.1) is 11.2 Å². The predicted molar refractivity (Wildman–Crippen MR) is 102 cm³/mol. The second-order valence-electron chi connectivity index (χ2n) is 6.21. The fraction of sp³-hybridized carbons (Fsp3) is 0. The summed E-state index contributed by atoms with van der Waals surface area (Å²) in [6.45, 7) is 0. The van der Waals surface area contributed by atoms with Gasteiger partial charge in [-0.25, -0.2) is 9.37 Å². The molecule has 0 saturated carbocycles. The van der Waals surface area contributed by atoms with Crippen molar-refractivity contribution in [3.63, 3.8) is 0 Å². The van der Waals surface area contributed by atoms with Crippen LogP contribution in [0.15, 0.2) is 72.8 Å². The lowest BCUT2D eigenvalue weighted by molar-refractivity contribution is 0.628. The SMILES string of the molecule is Fc1ccc(-c2n[nH]c3ccc(-c4nc(-c5ccccc5)n[nH]4)cc23)cc1. The van der Waals surface area contributed by atoms with Crippen LogP contribution in [0.2, 0.25) is 0 Å². The van der Waals surface area contributed by atoms with E-state index in [-0.39, 0.29) is 5.82 Å². The van der Waals surface area contributed by atoms with Crippen molar-refractivity contribution in [2.75, 3.05) is 0 Å². The molecule has 2 heterocycles. The number of aromatic nitrogens is 5. The van der Waals surface area contributed by atoms with Gasteiger partial charge in [0.2, 0.25) is 0 Å². The predicted octanol–water partition coefficient (Wildman–Crippen LogP) is 4.82. The largest absolute Gasteiger partial charge is 0.277 e. The van der Waals surface area contributed by atoms with E-state index in [0.29, 0.717) is 11.6 Å². The summed E-state index contributed by atoms with van der Waals surface area (Å²) in [5, 5.41) is 15.7. The average Bonchev–Trinajstić information content (AvgIpc) is 3.36. The van der Waals surface area contributed by atoms with Crippen LogP contribution in [0.25, 0.3) is 44.9 Å². The van der Waals surface area contributed by atoms with Gasteiger partial charge in [0.1, 0.15) is 5.82 Å². The first-order valence-corrected chi connectivity index (χ1v) is 8.50. The van der Waals surface area contributed by atoms with Crippen molar-refractivity contribution in [2.45, 2.75) is 0 Å². The third-order valence-electron chi connectivity index (χ3n) is 4.47. The van der Waals surface area contributed by atoms with Gasteiger partial charge in [0.15, 0.2) is 11.6 Å². The fourth-order valence-corrected chi connectivity index (χ4v) is 3.10. The minimum absolute atomic E-state index is 0.269. The number of aromatic amines is 2. The molecule has 2 aromatic heterocycles. The molecule has 6 heteroatoms. The summed E-state index contributed by atoms with van der Waals surface area (Å²) in [4.78, 5) is 4.61. The topological polar surface area (TPSA) is 70.2 Å². The summed E-state index contributed by atoms with van der Waals surface area (Å²) in [6.07, 6.45) is 0. The van der Waals surface area contributed by atoms with Crippen LogP contribution in [-0.2, 0) is 0 Å². The lowest BCUT2D eigenvalue weighted by atomic mass is 10.1. The van der Waals surface area contributed by atoms with Gasteiger partial charge < -0.3 is 0 Å². The lowest BCUT2D eigenvalue weighted by Gasteiger charge is -2.00. The molecular weight excluding hydrogens is 341 g/mol. The molecule has 0 amide bonds. The summed E-state index contributed by atoms with van der Waals surface area (Å²) in [7, 11) is 0. The summed E-state index contributed by atoms with van der Waals surface area (Å²) >= 11 is 0. The number of hydrogen-bond acceptors (Lipinski definition) is 3. The van der Waals surface area contributed by atoms with Crippen molar-refractivity contribution in [3.05, 3.63) is 78.6 Å². The second-order valence-corrected chi connectivity index (χ2v) is 6.21. The second kappa shape index (κ2) is 6.17. The van der Waals surface area contributed by atoms with Crippen LogP contribution in [0.5, 0.6) is 0 Å². The Morgan fingerprint density at radius 2 is 1.48 bits per heavy atom. The van der Waals surface area contributed by atoms with Crippen molar-refractivity contribution in [2.24, 2.45) is 0 Å². The Bertz CT molecular complexity index is 1220. The minimum atomic E-state index is -0.269. The summed E-state index contributed by atoms with van der Waals surface area (Å²) in [6, 6.07) is 22.0. The zero-order valence-corrected chi connectivity index (χ0v) is 14.1. The number of rotatable bonds is 3. The molecule has 0 aliphatic rings. The molecule has 0 atom stereocenters. The van der Waals surface area contributed by atoms with E-state index in [1.54, 1.807) is 12.1 Å². The molecule has 0 aliphatic heterocycles. The Hall–Kier alpha value is -3.80. The Labute approximate surface area is 153 Å². The van der Waals surface area contributed by atoms with E-state index < -0.39 is 0 Å². The average molecular weight is 355 g/mol. The Kier molecular flexibility index (Phi) is 3.53. The standard InChI is InChI=1S/C21H14FN5/c22-16-9-6-13(7-10-16)19-17-12-15(8-11-18(17)24-25-19)21-23-20(26-27-21)14-4-2-1-3-5-14/h1-12H,(H,24,25)(H,23,26,27). The van der Waals surface area contributed by atoms with E-state index in [0.717, 1.165) is 33.3 Å². The Morgan fingerprint density at radius 3 is 2.30 bits per heavy atom. The van der Waals surface area contributed by atoms with Crippen molar-refractivity contribution in [1.82, 2.24) is 25.4 Å². The van der Waals surface area contributed by atoms with Crippen molar-refractivity contribution in [3.8, 4) is 34.0 Å². The van der Waals surface area contributed by atoms with E-state index in [1.165, 1.54) is 12.1 Å². The van der Waals surface area contributed by atoms with E-state index in [1.807, 2.05) is 48.5 Å². The molecule has 5 aromatic rings. The number of hydrogen-bond donors (Lipinski definition) is 2. The molecule has 3 aromatic carbocycles. The molecule has 0 spiro atoms. The maximum atomic E-state index is 13.2. The van der Waals surface area contributed by atoms with Crippen LogP contribution >= 0.6 is 0 Å². The van der Waals surface area contributed by atoms with Crippen LogP contribution in [0.4, 0.5) is 4.39 Å². The molecule has 2 N–H and O–H groups in total. The number of H-pyrrole nitrogens is 2. The van der Waals surface area contributed by atoms with Crippen molar-refractivity contribution >= 4 is 10.9 Å². The highest BCUT2D eigenvalue weighted by Gasteiger charge is 2.12. The summed E-state index contributed by atoms with van der Waals surface area (Å²) < 4.78 is 13.2. The zero-order valence-electron chi connectivity index (χ0n) is 14.1. The highest BCUT2D eigenvalue weighted by molar-refractivity contribution is 5.95. The maximum absolute atomic E-state index is 13.2. The normalized spacial score (nSPS) is 11.1. The van der Waals surface area contributed by atoms with Gasteiger partial charge >= 0.3 is 0 Å². The molecule has 0 radical (unpaired) electrons. The molecule has 27 heavy (non-hydrogen) atoms. The van der Waals surface area contributed by atoms with Crippen LogP contribution < -0.4 is 0 Å². The van der Waals surface area contributed by atoms with Gasteiger partial charge in [0, 0.05) is 22.1 Å². The van der Waals surface area contributed by atoms with Crippen molar-refractivity contribution < 1.29 is 4.39 Å². The molecule has 0 saturated heterocycles. The Morgan fingerprint density at radius 1 is 0.704 bits per heavy atom. The molecule has 130 valence electrons. The molecule has 5 rings (SSSR count). The maximum Gasteiger partial charge on any atom is 0.181 e. The number of nitrogens with one attached hydrogen (secondary N) is 2. The number of halogens is 1. The number of benzene rings is 3. The van der Waals surface area contributed by atoms with Gasteiger partial charge in [0.25, 0.3) is 0 Å². The third-order valence-corrected chi connectivity index (χ3v) is 4.47. The zero-order chi connectivity index (χ0) is 18.2. The van der Waals surface area contributed by atoms with Gasteiger partial charge in [-0.15, -0.1) is 0 Å². The molecule has 0 aliphatic carbocycles. The lowest BCUT2D eigenvalue weighted by Crippen LogP contribution is -1.83. The monoisotopic (exact) mass is 355 g/mol. The van der Waals surface area contributed by atoms with Crippen LogP contribution in [0, 0.1) is 5.82 Å². The quantitative estimate of drug-likeness (QED) is 0.487. The van der Waals surface area contributed by atoms with Gasteiger partial charge in [-0.3, -0.25) is 10.2 Å². The van der Waals surface area contributed by atoms with E-state index in [4.69, 9.17) is 0 Å². The highest BCUT2D eigenvalue weighted by atomic mass is 19.1. The first-order valence-electron chi connectivity index (χ1n) is 8.50. The van der Waals surface area contributed by atoms with E-state index in [9.17, 15) is 4.39 Å².